The highest BCUT2D eigenvalue weighted by Gasteiger charge is 2.19. The highest BCUT2D eigenvalue weighted by atomic mass is 15.4. The molecule has 2 aromatic rings. The third kappa shape index (κ3) is 4.80. The molecule has 0 amide bonds. The van der Waals surface area contributed by atoms with Crippen molar-refractivity contribution in [1.29, 1.82) is 0 Å². The average molecular weight is 379 g/mol. The van der Waals surface area contributed by atoms with E-state index in [0.717, 1.165) is 49.3 Å². The molecule has 6 nitrogen and oxygen atoms in total. The van der Waals surface area contributed by atoms with E-state index in [2.05, 4.69) is 45.4 Å². The Morgan fingerprint density at radius 1 is 0.893 bits per heavy atom. The van der Waals surface area contributed by atoms with Crippen LogP contribution in [0.25, 0.3) is 0 Å². The quantitative estimate of drug-likeness (QED) is 0.624. The van der Waals surface area contributed by atoms with E-state index < -0.39 is 0 Å². The van der Waals surface area contributed by atoms with Crippen LogP contribution >= 0.6 is 0 Å². The molecule has 2 aliphatic heterocycles. The predicted molar refractivity (Wildman–Crippen MR) is 117 cm³/mol. The second-order valence-electron chi connectivity index (χ2n) is 7.79. The zero-order valence-electron chi connectivity index (χ0n) is 16.8. The Bertz CT molecular complexity index is 770. The summed E-state index contributed by atoms with van der Waals surface area (Å²) in [4.78, 5) is 14.4. The molecule has 1 aromatic heterocycles. The van der Waals surface area contributed by atoms with Crippen LogP contribution in [0.2, 0.25) is 0 Å². The van der Waals surface area contributed by atoms with Crippen molar-refractivity contribution in [2.45, 2.75) is 45.4 Å². The summed E-state index contributed by atoms with van der Waals surface area (Å²) in [7, 11) is 0. The van der Waals surface area contributed by atoms with Crippen LogP contribution in [-0.4, -0.2) is 42.4 Å². The second-order valence-corrected chi connectivity index (χ2v) is 7.79. The van der Waals surface area contributed by atoms with Gasteiger partial charge in [0.25, 0.3) is 0 Å². The monoisotopic (exact) mass is 378 g/mol. The first-order valence-corrected chi connectivity index (χ1v) is 10.5. The van der Waals surface area contributed by atoms with Crippen LogP contribution in [-0.2, 0) is 0 Å². The Hall–Kier alpha value is -2.63. The lowest BCUT2D eigenvalue weighted by atomic mass is 10.1. The summed E-state index contributed by atoms with van der Waals surface area (Å²) < 4.78 is 0. The van der Waals surface area contributed by atoms with Crippen molar-refractivity contribution in [1.82, 2.24) is 9.97 Å². The third-order valence-corrected chi connectivity index (χ3v) is 5.45. The van der Waals surface area contributed by atoms with Gasteiger partial charge in [-0.2, -0.15) is 15.1 Å². The molecule has 2 fully saturated rings. The van der Waals surface area contributed by atoms with Gasteiger partial charge in [-0.15, -0.1) is 0 Å². The van der Waals surface area contributed by atoms with E-state index >= 15 is 0 Å². The van der Waals surface area contributed by atoms with Crippen molar-refractivity contribution in [3.05, 3.63) is 41.5 Å². The Balaban J connectivity index is 1.55. The van der Waals surface area contributed by atoms with Crippen molar-refractivity contribution < 1.29 is 0 Å². The van der Waals surface area contributed by atoms with E-state index in [4.69, 9.17) is 9.97 Å². The summed E-state index contributed by atoms with van der Waals surface area (Å²) in [5, 5.41) is 4.42. The molecule has 1 N–H and O–H groups in total. The molecule has 6 heteroatoms. The summed E-state index contributed by atoms with van der Waals surface area (Å²) in [5.41, 5.74) is 5.44. The average Bonchev–Trinajstić information content (AvgIpc) is 2.75. The summed E-state index contributed by atoms with van der Waals surface area (Å²) in [5.74, 6) is 2.61. The van der Waals surface area contributed by atoms with Crippen LogP contribution in [0.3, 0.4) is 0 Å². The van der Waals surface area contributed by atoms with Gasteiger partial charge in [0, 0.05) is 32.2 Å². The molecule has 2 aliphatic rings. The molecule has 0 bridgehead atoms. The van der Waals surface area contributed by atoms with Crippen LogP contribution in [0.1, 0.15) is 49.7 Å². The summed E-state index contributed by atoms with van der Waals surface area (Å²) in [6.07, 6.45) is 9.35. The predicted octanol–water partition coefficient (Wildman–Crippen LogP) is 4.21. The molecular formula is C22H30N6. The maximum atomic E-state index is 4.91. The maximum Gasteiger partial charge on any atom is 0.229 e. The number of hydrogen-bond acceptors (Lipinski definition) is 6. The molecule has 0 atom stereocenters. The minimum absolute atomic E-state index is 0.764. The van der Waals surface area contributed by atoms with E-state index in [0.29, 0.717) is 0 Å². The van der Waals surface area contributed by atoms with Crippen LogP contribution in [0, 0.1) is 6.92 Å². The van der Waals surface area contributed by atoms with Gasteiger partial charge in [-0.05, 0) is 51.0 Å². The highest BCUT2D eigenvalue weighted by Crippen LogP contribution is 2.25. The Morgan fingerprint density at radius 3 is 2.32 bits per heavy atom. The first-order chi connectivity index (χ1) is 13.8. The number of hydrazone groups is 1. The van der Waals surface area contributed by atoms with Gasteiger partial charge in [-0.25, -0.2) is 0 Å². The largest absolute Gasteiger partial charge is 0.356 e. The van der Waals surface area contributed by atoms with Crippen LogP contribution < -0.4 is 15.2 Å². The van der Waals surface area contributed by atoms with Crippen molar-refractivity contribution in [2.75, 3.05) is 41.4 Å². The second kappa shape index (κ2) is 9.04. The Morgan fingerprint density at radius 2 is 1.61 bits per heavy atom. The minimum Gasteiger partial charge on any atom is -0.356 e. The molecule has 28 heavy (non-hydrogen) atoms. The van der Waals surface area contributed by atoms with Gasteiger partial charge in [0.05, 0.1) is 6.21 Å². The highest BCUT2D eigenvalue weighted by molar-refractivity contribution is 5.80. The standard InChI is InChI=1S/C22H30N6/c1-18-9-8-10-19(15-18)17-23-26-20-16-21(27-11-4-2-5-12-27)25-22(24-20)28-13-6-3-7-14-28/h8-10,15-17H,2-7,11-14H2,1H3,(H,24,25,26). The van der Waals surface area contributed by atoms with E-state index in [1.807, 2.05) is 18.3 Å². The number of hydrogen-bond donors (Lipinski definition) is 1. The molecule has 0 aliphatic carbocycles. The smallest absolute Gasteiger partial charge is 0.229 e. The molecule has 0 unspecified atom stereocenters. The van der Waals surface area contributed by atoms with E-state index in [1.165, 1.54) is 44.1 Å². The van der Waals surface area contributed by atoms with Crippen LogP contribution in [0.5, 0.6) is 0 Å². The van der Waals surface area contributed by atoms with Gasteiger partial charge in [0.1, 0.15) is 5.82 Å². The molecule has 2 saturated heterocycles. The molecule has 0 radical (unpaired) electrons. The summed E-state index contributed by atoms with van der Waals surface area (Å²) in [6, 6.07) is 10.3. The van der Waals surface area contributed by atoms with Crippen molar-refractivity contribution in [2.24, 2.45) is 5.10 Å². The number of nitrogens with zero attached hydrogens (tertiary/aromatic N) is 5. The van der Waals surface area contributed by atoms with Gasteiger partial charge in [0.15, 0.2) is 5.82 Å². The van der Waals surface area contributed by atoms with Gasteiger partial charge < -0.3 is 9.80 Å². The topological polar surface area (TPSA) is 56.7 Å². The molecule has 4 rings (SSSR count). The van der Waals surface area contributed by atoms with Crippen molar-refractivity contribution in [3.63, 3.8) is 0 Å². The maximum absolute atomic E-state index is 4.91. The number of aromatic nitrogens is 2. The van der Waals surface area contributed by atoms with Crippen molar-refractivity contribution in [3.8, 4) is 0 Å². The molecule has 0 saturated carbocycles. The fourth-order valence-electron chi connectivity index (χ4n) is 3.92. The molecule has 3 heterocycles. The number of benzene rings is 1. The van der Waals surface area contributed by atoms with Gasteiger partial charge in [-0.1, -0.05) is 29.8 Å². The zero-order chi connectivity index (χ0) is 19.2. The molecule has 0 spiro atoms. The summed E-state index contributed by atoms with van der Waals surface area (Å²) in [6.45, 7) is 6.31. The molecular weight excluding hydrogens is 348 g/mol. The van der Waals surface area contributed by atoms with Crippen LogP contribution in [0.15, 0.2) is 35.4 Å². The third-order valence-electron chi connectivity index (χ3n) is 5.45. The lowest BCUT2D eigenvalue weighted by Gasteiger charge is -2.31. The van der Waals surface area contributed by atoms with Crippen molar-refractivity contribution >= 4 is 23.8 Å². The number of rotatable bonds is 5. The minimum atomic E-state index is 0.764. The number of aryl methyl sites for hydroxylation is 1. The lowest BCUT2D eigenvalue weighted by Crippen LogP contribution is -2.33. The Labute approximate surface area is 167 Å². The van der Waals surface area contributed by atoms with Gasteiger partial charge in [-0.3, -0.25) is 5.43 Å². The number of anilines is 3. The fraction of sp³-hybridized carbons (Fsp3) is 0.500. The normalized spacial score (nSPS) is 17.9. The zero-order valence-corrected chi connectivity index (χ0v) is 16.8. The summed E-state index contributed by atoms with van der Waals surface area (Å²) >= 11 is 0. The number of piperidine rings is 2. The van der Waals surface area contributed by atoms with E-state index in [1.54, 1.807) is 0 Å². The van der Waals surface area contributed by atoms with Crippen LogP contribution in [0.4, 0.5) is 17.6 Å². The molecule has 1 aromatic carbocycles. The fourth-order valence-corrected chi connectivity index (χ4v) is 3.92. The number of nitrogens with one attached hydrogen (secondary N) is 1. The van der Waals surface area contributed by atoms with Gasteiger partial charge in [0.2, 0.25) is 5.95 Å². The first-order valence-electron chi connectivity index (χ1n) is 10.5. The SMILES string of the molecule is Cc1cccc(C=NNc2cc(N3CCCCC3)nc(N3CCCCC3)n2)c1. The lowest BCUT2D eigenvalue weighted by molar-refractivity contribution is 0.561. The first kappa shape index (κ1) is 18.7. The van der Waals surface area contributed by atoms with E-state index in [-0.39, 0.29) is 0 Å². The van der Waals surface area contributed by atoms with E-state index in [9.17, 15) is 0 Å². The molecule has 148 valence electrons. The van der Waals surface area contributed by atoms with Gasteiger partial charge >= 0.3 is 0 Å². The Kier molecular flexibility index (Phi) is 6.04.